The Kier molecular flexibility index (Phi) is 10.0. The van der Waals surface area contributed by atoms with Crippen LogP contribution in [0.1, 0.15) is 132 Å². The molecule has 3 aliphatic rings. The molecule has 0 N–H and O–H groups in total. The second-order valence-corrected chi connectivity index (χ2v) is 13.8. The second-order valence-electron chi connectivity index (χ2n) is 13.8. The van der Waals surface area contributed by atoms with Crippen molar-refractivity contribution in [1.82, 2.24) is 19.9 Å². The van der Waals surface area contributed by atoms with E-state index in [0.29, 0.717) is 18.6 Å². The summed E-state index contributed by atoms with van der Waals surface area (Å²) in [7, 11) is 0. The topological polar surface area (TPSA) is 80.3 Å². The minimum absolute atomic E-state index is 0. The summed E-state index contributed by atoms with van der Waals surface area (Å²) >= 11 is 0. The van der Waals surface area contributed by atoms with Crippen LogP contribution in [0.15, 0.2) is 42.0 Å². The number of benzene rings is 1. The average Bonchev–Trinajstić information content (AvgIpc) is 3.90. The largest absolute Gasteiger partial charge is 2.00 e. The van der Waals surface area contributed by atoms with Gasteiger partial charge in [-0.25, -0.2) is 4.79 Å². The zero-order valence-electron chi connectivity index (χ0n) is 31.6. The van der Waals surface area contributed by atoms with Crippen LogP contribution in [0, 0.1) is 0 Å². The third-order valence-corrected chi connectivity index (χ3v) is 12.0. The summed E-state index contributed by atoms with van der Waals surface area (Å²) in [5, 5.41) is 1.07. The maximum absolute atomic E-state index is 13.9. The molecule has 2 aliphatic heterocycles. The number of esters is 1. The molecule has 0 fully saturated rings. The third-order valence-electron chi connectivity index (χ3n) is 12.0. The van der Waals surface area contributed by atoms with Gasteiger partial charge in [-0.1, -0.05) is 107 Å². The normalized spacial score (nSPS) is 18.1. The molecule has 8 bridgehead atoms. The fourth-order valence-electron chi connectivity index (χ4n) is 9.57. The van der Waals surface area contributed by atoms with Crippen molar-refractivity contribution in [2.45, 2.75) is 118 Å². The van der Waals surface area contributed by atoms with Crippen molar-refractivity contribution in [1.29, 1.82) is 0 Å². The van der Waals surface area contributed by atoms with E-state index in [4.69, 9.17) is 24.7 Å². The molecule has 1 atom stereocenters. The molecule has 0 spiro atoms. The molecule has 0 amide bonds. The first kappa shape index (κ1) is 36.8. The number of carbonyl (C=O) groups excluding carboxylic acids is 1. The Morgan fingerprint density at radius 2 is 1.45 bits per heavy atom. The first-order chi connectivity index (χ1) is 24.3. The molecule has 5 heterocycles. The molecule has 0 saturated carbocycles. The fraction of sp³-hybridized carbons (Fsp3) is 0.432. The van der Waals surface area contributed by atoms with E-state index in [9.17, 15) is 4.79 Å². The molecule has 51 heavy (non-hydrogen) atoms. The SMILES string of the molecule is C/C=C1/c2cc3[n-]c(cc4nc5c(cccc5c5[n-]c(c6c(n2)C1(CC)C(C(=O)OCC)=C6)c(CC)c5CC)C4(CC)CC)c(CC)c3CC.[Ni+2]. The van der Waals surface area contributed by atoms with Gasteiger partial charge in [-0.3, -0.25) is 9.97 Å². The van der Waals surface area contributed by atoms with Gasteiger partial charge in [0.25, 0.3) is 0 Å². The van der Waals surface area contributed by atoms with Crippen LogP contribution < -0.4 is 9.97 Å². The molecule has 1 aromatic carbocycles. The number of rotatable bonds is 9. The van der Waals surface area contributed by atoms with Crippen molar-refractivity contribution in [2.24, 2.45) is 0 Å². The maximum Gasteiger partial charge on any atom is 2.00 e. The van der Waals surface area contributed by atoms with Gasteiger partial charge in [0.2, 0.25) is 0 Å². The molecule has 1 aliphatic carbocycles. The molecule has 0 radical (unpaired) electrons. The van der Waals surface area contributed by atoms with Crippen LogP contribution in [0.25, 0.3) is 44.6 Å². The molecule has 268 valence electrons. The molecule has 6 nitrogen and oxygen atoms in total. The summed E-state index contributed by atoms with van der Waals surface area (Å²) in [5.74, 6) is -0.295. The molecule has 3 aromatic heterocycles. The molecule has 7 heteroatoms. The molecular weight excluding hydrogens is 675 g/mol. The van der Waals surface area contributed by atoms with Crippen LogP contribution in [-0.2, 0) is 62.5 Å². The van der Waals surface area contributed by atoms with Gasteiger partial charge in [0, 0.05) is 5.41 Å². The Labute approximate surface area is 312 Å². The Hall–Kier alpha value is -3.96. The zero-order valence-corrected chi connectivity index (χ0v) is 32.6. The summed E-state index contributed by atoms with van der Waals surface area (Å²) in [4.78, 5) is 35.9. The van der Waals surface area contributed by atoms with Crippen molar-refractivity contribution in [3.63, 3.8) is 0 Å². The summed E-state index contributed by atoms with van der Waals surface area (Å²) in [5.41, 5.74) is 15.6. The quantitative estimate of drug-likeness (QED) is 0.126. The van der Waals surface area contributed by atoms with Crippen LogP contribution in [-0.4, -0.2) is 22.5 Å². The van der Waals surface area contributed by atoms with Crippen LogP contribution >= 0.6 is 0 Å². The summed E-state index contributed by atoms with van der Waals surface area (Å²) < 4.78 is 5.76. The Bertz CT molecular complexity index is 2280. The van der Waals surface area contributed by atoms with Gasteiger partial charge in [0.05, 0.1) is 40.2 Å². The van der Waals surface area contributed by atoms with E-state index < -0.39 is 5.41 Å². The number of fused-ring (bicyclic) bond motifs is 8. The fourth-order valence-corrected chi connectivity index (χ4v) is 9.57. The van der Waals surface area contributed by atoms with E-state index in [1.54, 1.807) is 0 Å². The van der Waals surface area contributed by atoms with Gasteiger partial charge in [-0.15, -0.1) is 22.1 Å². The maximum atomic E-state index is 13.9. The van der Waals surface area contributed by atoms with Gasteiger partial charge in [0.1, 0.15) is 0 Å². The Morgan fingerprint density at radius 3 is 2.04 bits per heavy atom. The Balaban J connectivity index is 0.00000448. The standard InChI is InChI=1S/C44H51N4O2.Ni/c1-10-25-26(11-2)35-24-37-43(15-6,16-7)32-21-19-20-29(40(32)47-37)38-27(12-3)28(13-4)39(48-38)30-22-33(42(49)50-18-9)44(17-8)31(14-5)36(46-41(30)44)23-34(25)45-35;/h14,19-24H,10-13,15-18H2,1-9H3,(H-,45,46,47,48,49);/q-1;+2/p-1/b31-14-;. The van der Waals surface area contributed by atoms with Gasteiger partial charge in [-0.05, 0) is 87.0 Å². The van der Waals surface area contributed by atoms with Gasteiger partial charge >= 0.3 is 22.5 Å². The van der Waals surface area contributed by atoms with Gasteiger partial charge in [0.15, 0.2) is 0 Å². The molecule has 4 aromatic rings. The molecule has 1 unspecified atom stereocenters. The number of hydrogen-bond donors (Lipinski definition) is 0. The van der Waals surface area contributed by atoms with Crippen LogP contribution in [0.3, 0.4) is 0 Å². The van der Waals surface area contributed by atoms with E-state index in [0.717, 1.165) is 99.7 Å². The van der Waals surface area contributed by atoms with Crippen LogP contribution in [0.5, 0.6) is 0 Å². The van der Waals surface area contributed by atoms with Crippen molar-refractivity contribution < 1.29 is 26.0 Å². The summed E-state index contributed by atoms with van der Waals surface area (Å²) in [6.45, 7) is 19.8. The minimum Gasteiger partial charge on any atom is -0.657 e. The van der Waals surface area contributed by atoms with Crippen molar-refractivity contribution in [3.05, 3.63) is 92.4 Å². The molecule has 7 rings (SSSR count). The first-order valence-corrected chi connectivity index (χ1v) is 19.0. The van der Waals surface area contributed by atoms with E-state index >= 15 is 0 Å². The Morgan fingerprint density at radius 1 is 0.804 bits per heavy atom. The number of aromatic nitrogens is 4. The van der Waals surface area contributed by atoms with E-state index in [1.807, 2.05) is 13.0 Å². The van der Waals surface area contributed by atoms with Crippen molar-refractivity contribution >= 4 is 50.6 Å². The second kappa shape index (κ2) is 13.9. The number of nitrogens with zero attached hydrogens (tertiary/aromatic N) is 4. The number of hydrogen-bond acceptors (Lipinski definition) is 4. The number of para-hydroxylation sites is 1. The van der Waals surface area contributed by atoms with E-state index in [1.165, 1.54) is 27.8 Å². The van der Waals surface area contributed by atoms with Crippen molar-refractivity contribution in [2.75, 3.05) is 6.61 Å². The molecule has 0 saturated heterocycles. The van der Waals surface area contributed by atoms with Crippen LogP contribution in [0.4, 0.5) is 0 Å². The summed E-state index contributed by atoms with van der Waals surface area (Å²) in [6, 6.07) is 11.1. The van der Waals surface area contributed by atoms with Gasteiger partial charge < -0.3 is 14.7 Å². The predicted octanol–water partition coefficient (Wildman–Crippen LogP) is 9.79. The van der Waals surface area contributed by atoms with E-state index in [-0.39, 0.29) is 27.9 Å². The average molecular weight is 726 g/mol. The number of ether oxygens (including phenoxy) is 1. The first-order valence-electron chi connectivity index (χ1n) is 19.0. The summed E-state index contributed by atoms with van der Waals surface area (Å²) in [6.07, 6.45) is 10.1. The molecular formula is C44H50N4NiO2. The minimum atomic E-state index is -0.733. The van der Waals surface area contributed by atoms with Crippen LogP contribution in [0.2, 0.25) is 0 Å². The number of carbonyl (C=O) groups is 1. The zero-order chi connectivity index (χ0) is 35.5. The monoisotopic (exact) mass is 724 g/mol. The third kappa shape index (κ3) is 4.97. The van der Waals surface area contributed by atoms with Crippen molar-refractivity contribution in [3.8, 4) is 0 Å². The van der Waals surface area contributed by atoms with E-state index in [2.05, 4.69) is 91.8 Å². The smallest absolute Gasteiger partial charge is 0.657 e. The number of allylic oxidation sites excluding steroid dienone is 2. The predicted molar refractivity (Wildman–Crippen MR) is 206 cm³/mol. The van der Waals surface area contributed by atoms with Gasteiger partial charge in [-0.2, -0.15) is 0 Å². The number of aryl methyl sites for hydroxylation is 4.